The second-order valence-electron chi connectivity index (χ2n) is 10.5. The van der Waals surface area contributed by atoms with Crippen molar-refractivity contribution in [3.05, 3.63) is 83.0 Å². The van der Waals surface area contributed by atoms with Gasteiger partial charge in [-0.25, -0.2) is 13.8 Å². The largest absolute Gasteiger partial charge is 0.491 e. The molecule has 10 nitrogen and oxygen atoms in total. The molecule has 0 unspecified atom stereocenters. The number of rotatable bonds is 10. The first-order chi connectivity index (χ1) is 21.1. The van der Waals surface area contributed by atoms with Gasteiger partial charge in [0.2, 0.25) is 11.8 Å². The molecule has 2 aromatic carbocycles. The first kappa shape index (κ1) is 33.3. The van der Waals surface area contributed by atoms with Crippen molar-refractivity contribution in [1.29, 1.82) is 5.26 Å². The molecule has 13 heteroatoms. The van der Waals surface area contributed by atoms with Gasteiger partial charge < -0.3 is 15.2 Å². The van der Waals surface area contributed by atoms with E-state index in [9.17, 15) is 33.5 Å². The lowest BCUT2D eigenvalue weighted by Crippen LogP contribution is -2.56. The van der Waals surface area contributed by atoms with Gasteiger partial charge in [0, 0.05) is 53.8 Å². The number of carbonyl (C=O) groups excluding carboxylic acids is 3. The summed E-state index contributed by atoms with van der Waals surface area (Å²) >= 11 is 6.57. The monoisotopic (exact) mass is 639 g/mol. The molecule has 1 aliphatic carbocycles. The van der Waals surface area contributed by atoms with Crippen molar-refractivity contribution >= 4 is 40.8 Å². The van der Waals surface area contributed by atoms with Crippen molar-refractivity contribution < 1.29 is 33.0 Å². The normalized spacial score (nSPS) is 17.8. The Morgan fingerprint density at radius 2 is 1.96 bits per heavy atom. The third-order valence-electron chi connectivity index (χ3n) is 7.45. The number of nitrogens with zero attached hydrogens (tertiary/aromatic N) is 4. The van der Waals surface area contributed by atoms with E-state index >= 15 is 0 Å². The van der Waals surface area contributed by atoms with E-state index in [4.69, 9.17) is 16.3 Å². The van der Waals surface area contributed by atoms with Gasteiger partial charge in [0.05, 0.1) is 18.2 Å². The summed E-state index contributed by atoms with van der Waals surface area (Å²) in [6.45, 7) is -0.301. The van der Waals surface area contributed by atoms with E-state index in [0.717, 1.165) is 0 Å². The molecule has 45 heavy (non-hydrogen) atoms. The predicted octanol–water partition coefficient (Wildman–Crippen LogP) is 4.80. The van der Waals surface area contributed by atoms with Crippen LogP contribution in [0.1, 0.15) is 50.3 Å². The summed E-state index contributed by atoms with van der Waals surface area (Å²) in [5, 5.41) is 21.4. The van der Waals surface area contributed by atoms with E-state index < -0.39 is 54.6 Å². The van der Waals surface area contributed by atoms with E-state index in [0.29, 0.717) is 0 Å². The number of amides is 3. The molecule has 2 heterocycles. The van der Waals surface area contributed by atoms with Crippen molar-refractivity contribution in [3.8, 4) is 11.8 Å². The van der Waals surface area contributed by atoms with E-state index in [1.807, 2.05) is 6.07 Å². The Bertz CT molecular complexity index is 1610. The second-order valence-corrected chi connectivity index (χ2v) is 10.9. The zero-order valence-corrected chi connectivity index (χ0v) is 24.1. The van der Waals surface area contributed by atoms with E-state index in [-0.39, 0.29) is 66.9 Å². The fourth-order valence-corrected chi connectivity index (χ4v) is 5.65. The molecule has 3 amide bonds. The average molecular weight is 640 g/mol. The van der Waals surface area contributed by atoms with Gasteiger partial charge in [0.1, 0.15) is 30.3 Å². The predicted molar refractivity (Wildman–Crippen MR) is 163 cm³/mol. The minimum Gasteiger partial charge on any atom is -0.491 e. The fraction of sp³-hybridized carbons (Fsp3) is 0.344. The lowest BCUT2D eigenvalue weighted by Gasteiger charge is -2.39. The van der Waals surface area contributed by atoms with Crippen molar-refractivity contribution in [1.82, 2.24) is 10.3 Å². The smallest absolute Gasteiger partial charge is 0.252 e. The summed E-state index contributed by atoms with van der Waals surface area (Å²) in [4.78, 5) is 48.4. The van der Waals surface area contributed by atoms with Crippen LogP contribution in [0.3, 0.4) is 0 Å². The molecule has 2 N–H and O–H groups in total. The van der Waals surface area contributed by atoms with Crippen LogP contribution in [0, 0.1) is 11.3 Å². The van der Waals surface area contributed by atoms with E-state index in [1.165, 1.54) is 34.2 Å². The molecule has 3 aromatic rings. The number of carbonyl (C=O) groups is 3. The number of ether oxygens (including phenoxy) is 1. The van der Waals surface area contributed by atoms with Crippen molar-refractivity contribution in [2.45, 2.75) is 57.2 Å². The Hall–Kier alpha value is -4.60. The first-order valence-corrected chi connectivity index (χ1v) is 14.3. The number of aliphatic hydroxyl groups excluding tert-OH is 1. The van der Waals surface area contributed by atoms with Crippen LogP contribution >= 0.6 is 11.6 Å². The van der Waals surface area contributed by atoms with Gasteiger partial charge >= 0.3 is 0 Å². The van der Waals surface area contributed by atoms with Gasteiger partial charge in [-0.1, -0.05) is 43.3 Å². The van der Waals surface area contributed by atoms with Crippen molar-refractivity contribution in [2.24, 2.45) is 0 Å². The zero-order chi connectivity index (χ0) is 31.4. The molecular weight excluding hydrogens is 608 g/mol. The highest BCUT2D eigenvalue weighted by atomic mass is 35.5. The summed E-state index contributed by atoms with van der Waals surface area (Å²) < 4.78 is 32.9. The molecule has 0 spiro atoms. The number of aromatic nitrogens is 1. The number of nitrogens with one attached hydrogen (secondary N) is 1. The minimum absolute atomic E-state index is 0. The van der Waals surface area contributed by atoms with Crippen LogP contribution in [-0.2, 0) is 14.4 Å². The van der Waals surface area contributed by atoms with Gasteiger partial charge in [-0.2, -0.15) is 5.26 Å². The summed E-state index contributed by atoms with van der Waals surface area (Å²) in [7, 11) is 0. The molecule has 1 aliphatic heterocycles. The Kier molecular flexibility index (Phi) is 10.4. The van der Waals surface area contributed by atoms with Gasteiger partial charge in [-0.15, -0.1) is 0 Å². The second kappa shape index (κ2) is 14.0. The topological polar surface area (TPSA) is 136 Å². The molecule has 2 fully saturated rings. The Balaban J connectivity index is 0.00000461. The maximum Gasteiger partial charge on any atom is 0.252 e. The number of nitriles is 1. The summed E-state index contributed by atoms with van der Waals surface area (Å²) in [6.07, 6.45) is 0.354. The lowest BCUT2D eigenvalue weighted by molar-refractivity contribution is -0.133. The molecule has 1 saturated carbocycles. The van der Waals surface area contributed by atoms with Gasteiger partial charge in [-0.05, 0) is 36.8 Å². The first-order valence-electron chi connectivity index (χ1n) is 13.9. The molecule has 1 saturated heterocycles. The number of pyridine rings is 1. The fourth-order valence-electron chi connectivity index (χ4n) is 5.41. The Morgan fingerprint density at radius 3 is 2.64 bits per heavy atom. The van der Waals surface area contributed by atoms with Gasteiger partial charge in [0.25, 0.3) is 11.8 Å². The molecule has 0 bridgehead atoms. The Labute approximate surface area is 264 Å². The van der Waals surface area contributed by atoms with Crippen LogP contribution in [0.4, 0.5) is 20.3 Å². The van der Waals surface area contributed by atoms with Crippen LogP contribution < -0.4 is 19.9 Å². The minimum atomic E-state index is -2.90. The summed E-state index contributed by atoms with van der Waals surface area (Å²) in [5.41, 5.74) is 0.660. The number of benzene rings is 2. The molecule has 2 aliphatic rings. The molecule has 0 radical (unpaired) electrons. The lowest BCUT2D eigenvalue weighted by atomic mass is 9.87. The molecular formula is C32H32ClF2N5O5. The SMILES string of the molecule is C.N#Cc1ccnc(N2C(=O)CC[C@H]2C(=O)N(c2cccc(OCCO)c2)[C@H](C(=O)NC2CC(F)(F)C2)c2ccccc2Cl)c1. The number of hydrogen-bond donors (Lipinski definition) is 2. The summed E-state index contributed by atoms with van der Waals surface area (Å²) in [6, 6.07) is 14.1. The number of halogens is 3. The molecule has 1 aromatic heterocycles. The average Bonchev–Trinajstić information content (AvgIpc) is 3.39. The summed E-state index contributed by atoms with van der Waals surface area (Å²) in [5.74, 6) is -4.33. The van der Waals surface area contributed by atoms with Crippen LogP contribution in [-0.4, -0.2) is 59.0 Å². The highest BCUT2D eigenvalue weighted by molar-refractivity contribution is 6.31. The van der Waals surface area contributed by atoms with Crippen LogP contribution in [0.2, 0.25) is 5.02 Å². The van der Waals surface area contributed by atoms with Crippen LogP contribution in [0.5, 0.6) is 5.75 Å². The maximum atomic E-state index is 14.7. The van der Waals surface area contributed by atoms with Crippen molar-refractivity contribution in [2.75, 3.05) is 23.0 Å². The quantitative estimate of drug-likeness (QED) is 0.325. The number of alkyl halides is 2. The third kappa shape index (κ3) is 7.21. The third-order valence-corrected chi connectivity index (χ3v) is 7.80. The number of aliphatic hydroxyl groups is 1. The van der Waals surface area contributed by atoms with Crippen LogP contribution in [0.25, 0.3) is 0 Å². The van der Waals surface area contributed by atoms with Gasteiger partial charge in [-0.3, -0.25) is 24.2 Å². The van der Waals surface area contributed by atoms with E-state index in [2.05, 4.69) is 10.3 Å². The maximum absolute atomic E-state index is 14.7. The molecule has 236 valence electrons. The highest BCUT2D eigenvalue weighted by Crippen LogP contribution is 2.40. The standard InChI is InChI=1S/C31H28ClF2N5O5.CH4/c32-24-7-2-1-6-23(24)28(29(42)37-20-16-31(33,34)17-20)38(21-4-3-5-22(15-21)44-13-12-40)30(43)25-8-9-27(41)39(25)26-14-19(18-35)10-11-36-26;/h1-7,10-11,14-15,20,25,28,40H,8-9,12-13,16-17H2,(H,37,42);1H4/t25-,28-;/m0./s1. The van der Waals surface area contributed by atoms with Gasteiger partial charge in [0.15, 0.2) is 0 Å². The van der Waals surface area contributed by atoms with E-state index in [1.54, 1.807) is 42.5 Å². The highest BCUT2D eigenvalue weighted by Gasteiger charge is 2.48. The molecule has 5 rings (SSSR count). The zero-order valence-electron chi connectivity index (χ0n) is 23.3. The number of anilines is 2. The molecule has 2 atom stereocenters. The van der Waals surface area contributed by atoms with Crippen LogP contribution in [0.15, 0.2) is 66.9 Å². The Morgan fingerprint density at radius 1 is 1.20 bits per heavy atom. The van der Waals surface area contributed by atoms with Crippen molar-refractivity contribution in [3.63, 3.8) is 0 Å². The number of hydrogen-bond acceptors (Lipinski definition) is 7.